The summed E-state index contributed by atoms with van der Waals surface area (Å²) < 4.78 is 5.45. The lowest BCUT2D eigenvalue weighted by molar-refractivity contribution is 0.152. The molecule has 5 nitrogen and oxygen atoms in total. The summed E-state index contributed by atoms with van der Waals surface area (Å²) in [6.07, 6.45) is 3.04. The number of hydrogen-bond acceptors (Lipinski definition) is 6. The van der Waals surface area contributed by atoms with Gasteiger partial charge in [-0.25, -0.2) is 9.97 Å². The molecule has 0 radical (unpaired) electrons. The Morgan fingerprint density at radius 3 is 3.00 bits per heavy atom. The highest BCUT2D eigenvalue weighted by Gasteiger charge is 2.13. The normalized spacial score (nSPS) is 16.7. The lowest BCUT2D eigenvalue weighted by Gasteiger charge is -2.21. The summed E-state index contributed by atoms with van der Waals surface area (Å²) in [6, 6.07) is 1.99. The average Bonchev–Trinajstić information content (AvgIpc) is 2.67. The van der Waals surface area contributed by atoms with Crippen molar-refractivity contribution in [2.75, 3.05) is 49.8 Å². The second-order valence-corrected chi connectivity index (χ2v) is 4.57. The fourth-order valence-corrected chi connectivity index (χ4v) is 2.14. The van der Waals surface area contributed by atoms with Gasteiger partial charge in [0.25, 0.3) is 0 Å². The summed E-state index contributed by atoms with van der Waals surface area (Å²) in [7, 11) is 1.88. The monoisotopic (exact) mass is 254 g/mol. The van der Waals surface area contributed by atoms with Crippen LogP contribution >= 0.6 is 11.8 Å². The van der Waals surface area contributed by atoms with E-state index >= 15 is 0 Å². The van der Waals surface area contributed by atoms with Crippen molar-refractivity contribution >= 4 is 23.4 Å². The summed E-state index contributed by atoms with van der Waals surface area (Å²) in [5, 5.41) is 3.88. The molecule has 1 aromatic heterocycles. The second kappa shape index (κ2) is 6.07. The van der Waals surface area contributed by atoms with Crippen LogP contribution in [0.1, 0.15) is 6.42 Å². The Kier molecular flexibility index (Phi) is 4.44. The highest BCUT2D eigenvalue weighted by Crippen LogP contribution is 2.20. The Hall–Kier alpha value is -1.01. The molecule has 2 heterocycles. The molecule has 0 bridgehead atoms. The van der Waals surface area contributed by atoms with Crippen LogP contribution in [0.25, 0.3) is 0 Å². The first kappa shape index (κ1) is 12.4. The lowest BCUT2D eigenvalue weighted by atomic mass is 10.4. The molecule has 0 unspecified atom stereocenters. The third-order valence-corrected chi connectivity index (χ3v) is 3.22. The van der Waals surface area contributed by atoms with Crippen molar-refractivity contribution in [1.82, 2.24) is 9.97 Å². The Bertz CT molecular complexity index is 344. The zero-order valence-electron chi connectivity index (χ0n) is 10.3. The van der Waals surface area contributed by atoms with Crippen LogP contribution in [0.2, 0.25) is 0 Å². The molecule has 0 aromatic carbocycles. The largest absolute Gasteiger partial charge is 0.380 e. The van der Waals surface area contributed by atoms with Gasteiger partial charge in [-0.05, 0) is 12.7 Å². The van der Waals surface area contributed by atoms with Crippen molar-refractivity contribution in [1.29, 1.82) is 0 Å². The molecule has 0 saturated carbocycles. The van der Waals surface area contributed by atoms with Gasteiger partial charge in [-0.2, -0.15) is 0 Å². The van der Waals surface area contributed by atoms with Crippen LogP contribution in [0, 0.1) is 0 Å². The predicted molar refractivity (Wildman–Crippen MR) is 71.0 cm³/mol. The van der Waals surface area contributed by atoms with E-state index in [-0.39, 0.29) is 0 Å². The smallest absolute Gasteiger partial charge is 0.191 e. The molecule has 0 aliphatic carbocycles. The van der Waals surface area contributed by atoms with E-state index in [0.717, 1.165) is 49.5 Å². The molecule has 1 N–H and O–H groups in total. The maximum absolute atomic E-state index is 5.45. The van der Waals surface area contributed by atoms with Gasteiger partial charge >= 0.3 is 0 Å². The van der Waals surface area contributed by atoms with Crippen LogP contribution in [0.4, 0.5) is 11.6 Å². The second-order valence-electron chi connectivity index (χ2n) is 3.80. The average molecular weight is 254 g/mol. The molecule has 94 valence electrons. The summed E-state index contributed by atoms with van der Waals surface area (Å²) in [6.45, 7) is 3.51. The number of thioether (sulfide) groups is 1. The Labute approximate surface area is 106 Å². The van der Waals surface area contributed by atoms with E-state index in [1.165, 1.54) is 0 Å². The molecule has 2 rings (SSSR count). The molecule has 0 atom stereocenters. The van der Waals surface area contributed by atoms with Crippen molar-refractivity contribution in [3.05, 3.63) is 6.07 Å². The highest BCUT2D eigenvalue weighted by molar-refractivity contribution is 7.98. The molecule has 1 fully saturated rings. The van der Waals surface area contributed by atoms with E-state index < -0.39 is 0 Å². The summed E-state index contributed by atoms with van der Waals surface area (Å²) in [4.78, 5) is 11.2. The van der Waals surface area contributed by atoms with E-state index in [9.17, 15) is 0 Å². The molecule has 6 heteroatoms. The van der Waals surface area contributed by atoms with E-state index in [1.807, 2.05) is 19.4 Å². The van der Waals surface area contributed by atoms with Gasteiger partial charge in [0, 0.05) is 32.8 Å². The third kappa shape index (κ3) is 3.23. The Balaban J connectivity index is 2.22. The number of aromatic nitrogens is 2. The van der Waals surface area contributed by atoms with E-state index in [2.05, 4.69) is 20.2 Å². The van der Waals surface area contributed by atoms with Crippen LogP contribution < -0.4 is 10.2 Å². The molecule has 1 aromatic rings. The quantitative estimate of drug-likeness (QED) is 0.651. The van der Waals surface area contributed by atoms with Crippen molar-refractivity contribution < 1.29 is 4.74 Å². The number of hydrogen-bond donors (Lipinski definition) is 1. The maximum atomic E-state index is 5.45. The summed E-state index contributed by atoms with van der Waals surface area (Å²) >= 11 is 1.56. The minimum absolute atomic E-state index is 0.771. The maximum Gasteiger partial charge on any atom is 0.191 e. The van der Waals surface area contributed by atoms with Gasteiger partial charge in [0.05, 0.1) is 6.61 Å². The van der Waals surface area contributed by atoms with E-state index in [1.54, 1.807) is 11.8 Å². The molecule has 0 amide bonds. The van der Waals surface area contributed by atoms with Crippen LogP contribution in [0.5, 0.6) is 0 Å². The first-order valence-electron chi connectivity index (χ1n) is 5.77. The van der Waals surface area contributed by atoms with Gasteiger partial charge in [-0.1, -0.05) is 11.8 Å². The zero-order valence-corrected chi connectivity index (χ0v) is 11.1. The van der Waals surface area contributed by atoms with E-state index in [0.29, 0.717) is 0 Å². The molecule has 1 aliphatic rings. The number of anilines is 2. The molecule has 1 saturated heterocycles. The number of ether oxygens (including phenoxy) is 1. The minimum atomic E-state index is 0.771. The Morgan fingerprint density at radius 2 is 2.24 bits per heavy atom. The van der Waals surface area contributed by atoms with Gasteiger partial charge < -0.3 is 15.0 Å². The van der Waals surface area contributed by atoms with Crippen LogP contribution in [0.3, 0.4) is 0 Å². The fraction of sp³-hybridized carbons (Fsp3) is 0.636. The van der Waals surface area contributed by atoms with E-state index in [4.69, 9.17) is 4.74 Å². The topological polar surface area (TPSA) is 50.3 Å². The first-order valence-corrected chi connectivity index (χ1v) is 6.99. The number of nitrogens with zero attached hydrogens (tertiary/aromatic N) is 3. The molecule has 17 heavy (non-hydrogen) atoms. The van der Waals surface area contributed by atoms with Crippen molar-refractivity contribution in [3.8, 4) is 0 Å². The number of nitrogens with one attached hydrogen (secondary N) is 1. The minimum Gasteiger partial charge on any atom is -0.380 e. The molecule has 1 aliphatic heterocycles. The standard InChI is InChI=1S/C11H18N4OS/c1-12-9-8-10(14-11(13-9)17-2)15-4-3-6-16-7-5-15/h8H,3-7H2,1-2H3,(H,12,13,14). The Morgan fingerprint density at radius 1 is 1.35 bits per heavy atom. The SMILES string of the molecule is CNc1cc(N2CCCOCC2)nc(SC)n1. The predicted octanol–water partition coefficient (Wildman–Crippen LogP) is 1.47. The van der Waals surface area contributed by atoms with Gasteiger partial charge in [-0.3, -0.25) is 0 Å². The van der Waals surface area contributed by atoms with Gasteiger partial charge in [0.2, 0.25) is 0 Å². The molecular formula is C11H18N4OS. The molecule has 0 spiro atoms. The fourth-order valence-electron chi connectivity index (χ4n) is 1.77. The summed E-state index contributed by atoms with van der Waals surface area (Å²) in [5.41, 5.74) is 0. The van der Waals surface area contributed by atoms with Gasteiger partial charge in [0.15, 0.2) is 5.16 Å². The summed E-state index contributed by atoms with van der Waals surface area (Å²) in [5.74, 6) is 1.85. The van der Waals surface area contributed by atoms with Crippen molar-refractivity contribution in [2.45, 2.75) is 11.6 Å². The lowest BCUT2D eigenvalue weighted by Crippen LogP contribution is -2.27. The van der Waals surface area contributed by atoms with Gasteiger partial charge in [-0.15, -0.1) is 0 Å². The highest BCUT2D eigenvalue weighted by atomic mass is 32.2. The number of rotatable bonds is 3. The zero-order chi connectivity index (χ0) is 12.1. The van der Waals surface area contributed by atoms with Crippen LogP contribution in [-0.2, 0) is 4.74 Å². The van der Waals surface area contributed by atoms with Crippen molar-refractivity contribution in [2.24, 2.45) is 0 Å². The third-order valence-electron chi connectivity index (χ3n) is 2.68. The van der Waals surface area contributed by atoms with Crippen LogP contribution in [0.15, 0.2) is 11.2 Å². The molecular weight excluding hydrogens is 236 g/mol. The van der Waals surface area contributed by atoms with Gasteiger partial charge in [0.1, 0.15) is 11.6 Å². The van der Waals surface area contributed by atoms with Crippen molar-refractivity contribution in [3.63, 3.8) is 0 Å². The van der Waals surface area contributed by atoms with Crippen LogP contribution in [-0.4, -0.2) is 49.6 Å². The first-order chi connectivity index (χ1) is 8.33.